The maximum absolute atomic E-state index is 3.89. The average molecular weight is 466 g/mol. The molecule has 1 aliphatic rings. The van der Waals surface area contributed by atoms with Crippen molar-refractivity contribution in [1.82, 2.24) is 5.32 Å². The Morgan fingerprint density at radius 3 is 1.25 bits per heavy atom. The third kappa shape index (κ3) is 4.06. The Hall–Kier alpha value is -3.94. The standard InChI is InChI=1S/C35H31N/c1-4-11-27(12-5-1)29-18-22-32(23-19-29)35(34-17-10-26-36-34,31-15-8-3-9-16-31)33-24-20-30(21-25-33)28-13-6-2-7-14-28/h1-9,11-16,18-25,34,36H,10,17,26H2. The van der Waals surface area contributed by atoms with Crippen molar-refractivity contribution >= 4 is 0 Å². The van der Waals surface area contributed by atoms with Gasteiger partial charge in [-0.25, -0.2) is 0 Å². The molecule has 176 valence electrons. The Morgan fingerprint density at radius 1 is 0.444 bits per heavy atom. The zero-order chi connectivity index (χ0) is 24.2. The summed E-state index contributed by atoms with van der Waals surface area (Å²) in [5.74, 6) is 0. The fraction of sp³-hybridized carbons (Fsp3) is 0.143. The van der Waals surface area contributed by atoms with Crippen LogP contribution >= 0.6 is 0 Å². The van der Waals surface area contributed by atoms with Gasteiger partial charge in [0.1, 0.15) is 0 Å². The normalized spacial score (nSPS) is 15.6. The fourth-order valence-electron chi connectivity index (χ4n) is 5.97. The van der Waals surface area contributed by atoms with E-state index in [1.165, 1.54) is 45.4 Å². The van der Waals surface area contributed by atoms with E-state index in [0.717, 1.165) is 13.0 Å². The highest BCUT2D eigenvalue weighted by Crippen LogP contribution is 2.45. The molecule has 1 saturated heterocycles. The molecule has 0 spiro atoms. The van der Waals surface area contributed by atoms with Crippen molar-refractivity contribution < 1.29 is 0 Å². The zero-order valence-corrected chi connectivity index (χ0v) is 20.5. The minimum atomic E-state index is -0.276. The van der Waals surface area contributed by atoms with E-state index in [1.54, 1.807) is 0 Å². The number of benzene rings is 5. The second-order valence-corrected chi connectivity index (χ2v) is 9.71. The van der Waals surface area contributed by atoms with Gasteiger partial charge in [-0.15, -0.1) is 0 Å². The van der Waals surface area contributed by atoms with Crippen molar-refractivity contribution in [2.45, 2.75) is 24.3 Å². The predicted molar refractivity (Wildman–Crippen MR) is 151 cm³/mol. The summed E-state index contributed by atoms with van der Waals surface area (Å²) < 4.78 is 0. The molecule has 0 saturated carbocycles. The highest BCUT2D eigenvalue weighted by Gasteiger charge is 2.44. The molecule has 0 amide bonds. The predicted octanol–water partition coefficient (Wildman–Crippen LogP) is 8.11. The first kappa shape index (κ1) is 22.5. The molecule has 1 fully saturated rings. The number of hydrogen-bond donors (Lipinski definition) is 1. The molecule has 1 heteroatoms. The second-order valence-electron chi connectivity index (χ2n) is 9.71. The van der Waals surface area contributed by atoms with E-state index in [9.17, 15) is 0 Å². The summed E-state index contributed by atoms with van der Waals surface area (Å²) in [4.78, 5) is 0. The number of hydrogen-bond acceptors (Lipinski definition) is 1. The first-order valence-corrected chi connectivity index (χ1v) is 13.0. The molecule has 0 aliphatic carbocycles. The van der Waals surface area contributed by atoms with Crippen LogP contribution in [0.15, 0.2) is 140 Å². The number of rotatable bonds is 6. The van der Waals surface area contributed by atoms with E-state index in [1.807, 2.05) is 0 Å². The monoisotopic (exact) mass is 465 g/mol. The van der Waals surface area contributed by atoms with Gasteiger partial charge in [0, 0.05) is 6.04 Å². The van der Waals surface area contributed by atoms with E-state index in [-0.39, 0.29) is 5.41 Å². The fourth-order valence-corrected chi connectivity index (χ4v) is 5.97. The molecule has 1 unspecified atom stereocenters. The summed E-state index contributed by atoms with van der Waals surface area (Å²) in [6.45, 7) is 1.06. The van der Waals surface area contributed by atoms with Crippen molar-refractivity contribution in [3.8, 4) is 22.3 Å². The molecule has 36 heavy (non-hydrogen) atoms. The van der Waals surface area contributed by atoms with Gasteiger partial charge in [0.15, 0.2) is 0 Å². The Labute approximate surface area is 214 Å². The molecule has 5 aromatic rings. The first-order chi connectivity index (χ1) is 17.9. The topological polar surface area (TPSA) is 12.0 Å². The lowest BCUT2D eigenvalue weighted by Gasteiger charge is -2.41. The molecule has 0 aromatic heterocycles. The van der Waals surface area contributed by atoms with Gasteiger partial charge in [0.2, 0.25) is 0 Å². The Morgan fingerprint density at radius 2 is 0.833 bits per heavy atom. The third-order valence-corrected chi connectivity index (χ3v) is 7.71. The molecule has 0 radical (unpaired) electrons. The quantitative estimate of drug-likeness (QED) is 0.250. The van der Waals surface area contributed by atoms with Crippen molar-refractivity contribution in [2.75, 3.05) is 6.54 Å². The van der Waals surface area contributed by atoms with Crippen LogP contribution in [0.1, 0.15) is 29.5 Å². The van der Waals surface area contributed by atoms with Crippen LogP contribution in [0.2, 0.25) is 0 Å². The molecular weight excluding hydrogens is 434 g/mol. The van der Waals surface area contributed by atoms with Gasteiger partial charge in [0.25, 0.3) is 0 Å². The average Bonchev–Trinajstić information content (AvgIpc) is 3.51. The van der Waals surface area contributed by atoms with Crippen molar-refractivity contribution in [2.24, 2.45) is 0 Å². The summed E-state index contributed by atoms with van der Waals surface area (Å²) in [7, 11) is 0. The largest absolute Gasteiger partial charge is 0.312 e. The van der Waals surface area contributed by atoms with Crippen LogP contribution in [0.25, 0.3) is 22.3 Å². The van der Waals surface area contributed by atoms with Gasteiger partial charge in [-0.1, -0.05) is 140 Å². The molecule has 5 aromatic carbocycles. The molecular formula is C35H31N. The minimum absolute atomic E-state index is 0.276. The van der Waals surface area contributed by atoms with Crippen molar-refractivity contribution in [3.63, 3.8) is 0 Å². The van der Waals surface area contributed by atoms with E-state index in [2.05, 4.69) is 145 Å². The molecule has 1 N–H and O–H groups in total. The van der Waals surface area contributed by atoms with E-state index >= 15 is 0 Å². The van der Waals surface area contributed by atoms with Gasteiger partial charge in [-0.05, 0) is 58.3 Å². The first-order valence-electron chi connectivity index (χ1n) is 13.0. The third-order valence-electron chi connectivity index (χ3n) is 7.71. The summed E-state index contributed by atoms with van der Waals surface area (Å²) in [5.41, 5.74) is 8.73. The molecule has 1 aliphatic heterocycles. The lowest BCUT2D eigenvalue weighted by Crippen LogP contribution is -2.47. The van der Waals surface area contributed by atoms with Crippen LogP contribution in [-0.4, -0.2) is 12.6 Å². The van der Waals surface area contributed by atoms with Gasteiger partial charge in [-0.3, -0.25) is 0 Å². The van der Waals surface area contributed by atoms with Gasteiger partial charge in [-0.2, -0.15) is 0 Å². The second kappa shape index (κ2) is 9.97. The highest BCUT2D eigenvalue weighted by molar-refractivity contribution is 5.67. The summed E-state index contributed by atoms with van der Waals surface area (Å²) in [6.07, 6.45) is 2.35. The molecule has 1 nitrogen and oxygen atoms in total. The lowest BCUT2D eigenvalue weighted by molar-refractivity contribution is 0.435. The highest BCUT2D eigenvalue weighted by atomic mass is 15.0. The summed E-state index contributed by atoms with van der Waals surface area (Å²) >= 11 is 0. The smallest absolute Gasteiger partial charge is 0.0604 e. The van der Waals surface area contributed by atoms with Gasteiger partial charge >= 0.3 is 0 Å². The van der Waals surface area contributed by atoms with Gasteiger partial charge in [0.05, 0.1) is 5.41 Å². The molecule has 1 heterocycles. The van der Waals surface area contributed by atoms with Crippen molar-refractivity contribution in [1.29, 1.82) is 0 Å². The van der Waals surface area contributed by atoms with E-state index in [0.29, 0.717) is 6.04 Å². The van der Waals surface area contributed by atoms with Gasteiger partial charge < -0.3 is 5.32 Å². The number of nitrogens with one attached hydrogen (secondary N) is 1. The van der Waals surface area contributed by atoms with Crippen LogP contribution in [-0.2, 0) is 5.41 Å². The SMILES string of the molecule is c1ccc(-c2ccc(C(c3ccccc3)(c3ccc(-c4ccccc4)cc3)C3CCCN3)cc2)cc1. The zero-order valence-electron chi connectivity index (χ0n) is 20.5. The maximum Gasteiger partial charge on any atom is 0.0604 e. The summed E-state index contributed by atoms with van der Waals surface area (Å²) in [6, 6.07) is 51.2. The van der Waals surface area contributed by atoms with Crippen LogP contribution < -0.4 is 5.32 Å². The van der Waals surface area contributed by atoms with Crippen molar-refractivity contribution in [3.05, 3.63) is 156 Å². The van der Waals surface area contributed by atoms with E-state index in [4.69, 9.17) is 0 Å². The Bertz CT molecular complexity index is 1300. The van der Waals surface area contributed by atoms with Crippen LogP contribution in [0.3, 0.4) is 0 Å². The Balaban J connectivity index is 1.52. The van der Waals surface area contributed by atoms with Crippen LogP contribution in [0.4, 0.5) is 0 Å². The molecule has 0 bridgehead atoms. The summed E-state index contributed by atoms with van der Waals surface area (Å²) in [5, 5.41) is 3.89. The lowest BCUT2D eigenvalue weighted by atomic mass is 9.64. The molecule has 6 rings (SSSR count). The maximum atomic E-state index is 3.89. The van der Waals surface area contributed by atoms with Crippen LogP contribution in [0.5, 0.6) is 0 Å². The minimum Gasteiger partial charge on any atom is -0.312 e. The Kier molecular flexibility index (Phi) is 6.24. The van der Waals surface area contributed by atoms with E-state index < -0.39 is 0 Å². The van der Waals surface area contributed by atoms with Crippen LogP contribution in [0, 0.1) is 0 Å². The molecule has 1 atom stereocenters.